The molecule has 0 spiro atoms. The number of carbonyl (C=O) groups excluding carboxylic acids is 1. The van der Waals surface area contributed by atoms with E-state index in [0.717, 1.165) is 30.2 Å². The quantitative estimate of drug-likeness (QED) is 0.430. The number of nitrogens with one attached hydrogen (secondary N) is 1. The van der Waals surface area contributed by atoms with E-state index in [0.29, 0.717) is 0 Å². The zero-order chi connectivity index (χ0) is 28.5. The number of pyridine rings is 1. The van der Waals surface area contributed by atoms with E-state index in [9.17, 15) is 27.1 Å². The highest BCUT2D eigenvalue weighted by atomic mass is 32.2. The number of sulfonamides is 1. The molecule has 0 fully saturated rings. The van der Waals surface area contributed by atoms with E-state index < -0.39 is 45.3 Å². The third-order valence-electron chi connectivity index (χ3n) is 6.81. The average molecular weight is 560 g/mol. The summed E-state index contributed by atoms with van der Waals surface area (Å²) in [6, 6.07) is 9.64. The lowest BCUT2D eigenvalue weighted by atomic mass is 9.88. The van der Waals surface area contributed by atoms with Crippen molar-refractivity contribution in [1.29, 1.82) is 0 Å². The Morgan fingerprint density at radius 2 is 1.82 bits per heavy atom. The van der Waals surface area contributed by atoms with Gasteiger partial charge in [0.1, 0.15) is 23.3 Å². The molecular formula is C28H31F2N3O5S. The van der Waals surface area contributed by atoms with Gasteiger partial charge in [-0.3, -0.25) is 4.79 Å². The Bertz CT molecular complexity index is 1480. The summed E-state index contributed by atoms with van der Waals surface area (Å²) in [4.78, 5) is 19.0. The van der Waals surface area contributed by atoms with Crippen LogP contribution in [0.5, 0.6) is 5.88 Å². The Hall–Kier alpha value is -3.41. The molecule has 8 nitrogen and oxygen atoms in total. The molecule has 2 aromatic carbocycles. The zero-order valence-electron chi connectivity index (χ0n) is 22.1. The van der Waals surface area contributed by atoms with Crippen molar-refractivity contribution in [2.75, 3.05) is 6.54 Å². The largest absolute Gasteiger partial charge is 0.469 e. The Morgan fingerprint density at radius 3 is 2.46 bits per heavy atom. The SMILES string of the molecule is CCc1ccc(S(=O)(=O)N[C@@H]2c3cc(C(=O)N(CC)Cc4cc(F)ccc4F)cnc3OC(C)(C)[C@H]2O)cc1. The molecular weight excluding hydrogens is 528 g/mol. The molecule has 1 aliphatic rings. The summed E-state index contributed by atoms with van der Waals surface area (Å²) in [5, 5.41) is 11.1. The van der Waals surface area contributed by atoms with E-state index in [4.69, 9.17) is 4.74 Å². The van der Waals surface area contributed by atoms with Gasteiger partial charge in [-0.2, -0.15) is 0 Å². The molecule has 39 heavy (non-hydrogen) atoms. The first-order valence-corrected chi connectivity index (χ1v) is 14.1. The maximum absolute atomic E-state index is 14.2. The minimum atomic E-state index is -4.08. The zero-order valence-corrected chi connectivity index (χ0v) is 22.9. The van der Waals surface area contributed by atoms with Crippen molar-refractivity contribution in [3.8, 4) is 5.88 Å². The smallest absolute Gasteiger partial charge is 0.255 e. The van der Waals surface area contributed by atoms with Gasteiger partial charge in [-0.25, -0.2) is 26.9 Å². The highest BCUT2D eigenvalue weighted by molar-refractivity contribution is 7.89. The fraction of sp³-hybridized carbons (Fsp3) is 0.357. The van der Waals surface area contributed by atoms with Gasteiger partial charge in [0, 0.05) is 30.4 Å². The minimum absolute atomic E-state index is 0.0105. The molecule has 208 valence electrons. The van der Waals surface area contributed by atoms with Crippen molar-refractivity contribution < 1.29 is 31.8 Å². The normalized spacial score (nSPS) is 18.2. The van der Waals surface area contributed by atoms with Crippen molar-refractivity contribution in [2.45, 2.75) is 63.3 Å². The summed E-state index contributed by atoms with van der Waals surface area (Å²) in [5.41, 5.74) is 0.0254. The van der Waals surface area contributed by atoms with Crippen LogP contribution in [0.2, 0.25) is 0 Å². The first-order chi connectivity index (χ1) is 18.4. The molecule has 1 aliphatic heterocycles. The standard InChI is InChI=1S/C28H31F2N3O5S/c1-5-17-7-10-21(11-8-17)39(36,37)32-24-22-14-18(15-31-26(22)38-28(3,4)25(24)34)27(35)33(6-2)16-19-13-20(29)9-12-23(19)30/h7-15,24-25,32,34H,5-6,16H2,1-4H3/t24-,25+/m1/s1. The van der Waals surface area contributed by atoms with Gasteiger partial charge in [0.2, 0.25) is 15.9 Å². The van der Waals surface area contributed by atoms with Crippen molar-refractivity contribution in [3.05, 3.63) is 88.6 Å². The number of benzene rings is 2. The second kappa shape index (κ2) is 11.0. The molecule has 11 heteroatoms. The number of aliphatic hydroxyl groups excluding tert-OH is 1. The number of aromatic nitrogens is 1. The van der Waals surface area contributed by atoms with Crippen LogP contribution < -0.4 is 9.46 Å². The summed E-state index contributed by atoms with van der Waals surface area (Å²) < 4.78 is 62.9. The number of carbonyl (C=O) groups is 1. The van der Waals surface area contributed by atoms with Gasteiger partial charge < -0.3 is 14.7 Å². The number of hydrogen-bond donors (Lipinski definition) is 2. The number of ether oxygens (including phenoxy) is 1. The van der Waals surface area contributed by atoms with Crippen LogP contribution in [0.25, 0.3) is 0 Å². The van der Waals surface area contributed by atoms with Crippen LogP contribution in [0.3, 0.4) is 0 Å². The van der Waals surface area contributed by atoms with Crippen molar-refractivity contribution in [3.63, 3.8) is 0 Å². The van der Waals surface area contributed by atoms with E-state index in [-0.39, 0.29) is 40.6 Å². The Labute approximate surface area is 226 Å². The maximum atomic E-state index is 14.2. The molecule has 0 saturated carbocycles. The molecule has 0 saturated heterocycles. The molecule has 2 N–H and O–H groups in total. The van der Waals surface area contributed by atoms with E-state index >= 15 is 0 Å². The third-order valence-corrected chi connectivity index (χ3v) is 8.27. The lowest BCUT2D eigenvalue weighted by Crippen LogP contribution is -2.53. The topological polar surface area (TPSA) is 109 Å². The molecule has 2 atom stereocenters. The predicted octanol–water partition coefficient (Wildman–Crippen LogP) is 4.14. The van der Waals surface area contributed by atoms with Crippen molar-refractivity contribution >= 4 is 15.9 Å². The predicted molar refractivity (Wildman–Crippen MR) is 141 cm³/mol. The summed E-state index contributed by atoms with van der Waals surface area (Å²) in [6.45, 7) is 6.85. The first-order valence-electron chi connectivity index (χ1n) is 12.6. The monoisotopic (exact) mass is 559 g/mol. The number of aliphatic hydroxyl groups is 1. The highest BCUT2D eigenvalue weighted by Crippen LogP contribution is 2.40. The molecule has 2 heterocycles. The Kier molecular flexibility index (Phi) is 8.06. The number of rotatable bonds is 8. The van der Waals surface area contributed by atoms with Gasteiger partial charge in [0.25, 0.3) is 5.91 Å². The number of nitrogens with zero attached hydrogens (tertiary/aromatic N) is 2. The maximum Gasteiger partial charge on any atom is 0.255 e. The molecule has 0 aliphatic carbocycles. The fourth-order valence-corrected chi connectivity index (χ4v) is 5.64. The molecule has 0 unspecified atom stereocenters. The number of fused-ring (bicyclic) bond motifs is 1. The van der Waals surface area contributed by atoms with Crippen LogP contribution in [-0.2, 0) is 23.0 Å². The summed E-state index contributed by atoms with van der Waals surface area (Å²) in [7, 11) is -4.08. The van der Waals surface area contributed by atoms with E-state index in [1.165, 1.54) is 29.3 Å². The summed E-state index contributed by atoms with van der Waals surface area (Å²) in [5.74, 6) is -1.74. The molecule has 0 radical (unpaired) electrons. The molecule has 3 aromatic rings. The third kappa shape index (κ3) is 5.95. The van der Waals surface area contributed by atoms with Crippen molar-refractivity contribution in [1.82, 2.24) is 14.6 Å². The van der Waals surface area contributed by atoms with Crippen LogP contribution >= 0.6 is 0 Å². The van der Waals surface area contributed by atoms with Gasteiger partial charge in [-0.05, 0) is 69.2 Å². The minimum Gasteiger partial charge on any atom is -0.469 e. The summed E-state index contributed by atoms with van der Waals surface area (Å²) >= 11 is 0. The van der Waals surface area contributed by atoms with Crippen LogP contribution in [0.1, 0.15) is 60.8 Å². The average Bonchev–Trinajstić information content (AvgIpc) is 2.91. The Morgan fingerprint density at radius 1 is 1.13 bits per heavy atom. The Balaban J connectivity index is 1.68. The van der Waals surface area contributed by atoms with Crippen LogP contribution in [0.4, 0.5) is 8.78 Å². The van der Waals surface area contributed by atoms with Gasteiger partial charge in [-0.15, -0.1) is 0 Å². The van der Waals surface area contributed by atoms with E-state index in [1.807, 2.05) is 6.92 Å². The van der Waals surface area contributed by atoms with Gasteiger partial charge in [-0.1, -0.05) is 19.1 Å². The highest BCUT2D eigenvalue weighted by Gasteiger charge is 2.45. The molecule has 0 bridgehead atoms. The molecule has 1 amide bonds. The number of aryl methyl sites for hydroxylation is 1. The van der Waals surface area contributed by atoms with E-state index in [1.54, 1.807) is 32.9 Å². The fourth-order valence-electron chi connectivity index (χ4n) is 4.42. The first kappa shape index (κ1) is 28.6. The lowest BCUT2D eigenvalue weighted by Gasteiger charge is -2.41. The number of halogens is 2. The molecule has 1 aromatic heterocycles. The second-order valence-electron chi connectivity index (χ2n) is 9.92. The molecule has 4 rings (SSSR count). The van der Waals surface area contributed by atoms with Crippen LogP contribution in [0.15, 0.2) is 59.6 Å². The van der Waals surface area contributed by atoms with E-state index in [2.05, 4.69) is 9.71 Å². The van der Waals surface area contributed by atoms with Crippen molar-refractivity contribution in [2.24, 2.45) is 0 Å². The number of amides is 1. The number of hydrogen-bond acceptors (Lipinski definition) is 6. The van der Waals surface area contributed by atoms with Crippen LogP contribution in [-0.4, -0.2) is 47.6 Å². The van der Waals surface area contributed by atoms with Gasteiger partial charge in [0.05, 0.1) is 16.5 Å². The van der Waals surface area contributed by atoms with Gasteiger partial charge >= 0.3 is 0 Å². The summed E-state index contributed by atoms with van der Waals surface area (Å²) in [6.07, 6.45) is 0.691. The van der Waals surface area contributed by atoms with Gasteiger partial charge in [0.15, 0.2) is 0 Å². The second-order valence-corrected chi connectivity index (χ2v) is 11.6. The van der Waals surface area contributed by atoms with Crippen LogP contribution in [0, 0.1) is 11.6 Å². The lowest BCUT2D eigenvalue weighted by molar-refractivity contribution is -0.0632.